The third-order valence-electron chi connectivity index (χ3n) is 2.44. The van der Waals surface area contributed by atoms with Gasteiger partial charge in [-0.25, -0.2) is 0 Å². The van der Waals surface area contributed by atoms with E-state index in [0.717, 1.165) is 5.56 Å². The zero-order valence-corrected chi connectivity index (χ0v) is 11.1. The Balaban J connectivity index is 2.77. The van der Waals surface area contributed by atoms with Crippen molar-refractivity contribution >= 4 is 34.8 Å². The molecule has 0 aliphatic carbocycles. The Morgan fingerprint density at radius 2 is 1.81 bits per heavy atom. The Morgan fingerprint density at radius 1 is 1.25 bits per heavy atom. The highest BCUT2D eigenvalue weighted by molar-refractivity contribution is 6.44. The molecule has 2 atom stereocenters. The molecular formula is C11H14Cl3NO. The van der Waals surface area contributed by atoms with Crippen LogP contribution in [0.15, 0.2) is 12.1 Å². The number of nitrogens with two attached hydrogens (primary N) is 1. The molecular weight excluding hydrogens is 268 g/mol. The van der Waals surface area contributed by atoms with Crippen LogP contribution in [0.1, 0.15) is 18.9 Å². The standard InChI is InChI=1S/C11H14Cl3NO/c1-6(15)10(16)5-2-7-8(12)3-4-9(13)11(7)14/h3-4,6,10,16H,2,5,15H2,1H3. The Bertz CT molecular complexity index is 368. The van der Waals surface area contributed by atoms with E-state index in [1.807, 2.05) is 0 Å². The van der Waals surface area contributed by atoms with Crippen molar-refractivity contribution in [1.29, 1.82) is 0 Å². The summed E-state index contributed by atoms with van der Waals surface area (Å²) >= 11 is 17.9. The highest BCUT2D eigenvalue weighted by Crippen LogP contribution is 2.32. The maximum atomic E-state index is 9.59. The lowest BCUT2D eigenvalue weighted by Gasteiger charge is -2.15. The molecule has 5 heteroatoms. The van der Waals surface area contributed by atoms with Crippen molar-refractivity contribution in [3.05, 3.63) is 32.8 Å². The van der Waals surface area contributed by atoms with Gasteiger partial charge in [0.15, 0.2) is 0 Å². The summed E-state index contributed by atoms with van der Waals surface area (Å²) in [6.07, 6.45) is 0.504. The molecule has 1 aromatic carbocycles. The molecule has 0 spiro atoms. The van der Waals surface area contributed by atoms with Crippen LogP contribution < -0.4 is 5.73 Å². The number of hydrogen-bond acceptors (Lipinski definition) is 2. The van der Waals surface area contributed by atoms with Crippen LogP contribution in [-0.2, 0) is 6.42 Å². The Morgan fingerprint density at radius 3 is 2.38 bits per heavy atom. The highest BCUT2D eigenvalue weighted by atomic mass is 35.5. The summed E-state index contributed by atoms with van der Waals surface area (Å²) < 4.78 is 0. The fraction of sp³-hybridized carbons (Fsp3) is 0.455. The van der Waals surface area contributed by atoms with Gasteiger partial charge in [-0.15, -0.1) is 0 Å². The second-order valence-electron chi connectivity index (χ2n) is 3.79. The lowest BCUT2D eigenvalue weighted by atomic mass is 10.0. The zero-order valence-electron chi connectivity index (χ0n) is 8.88. The molecule has 3 N–H and O–H groups in total. The van der Waals surface area contributed by atoms with Crippen molar-refractivity contribution in [2.45, 2.75) is 31.9 Å². The largest absolute Gasteiger partial charge is 0.392 e. The molecule has 0 aromatic heterocycles. The van der Waals surface area contributed by atoms with Gasteiger partial charge in [-0.3, -0.25) is 0 Å². The Labute approximate surface area is 110 Å². The van der Waals surface area contributed by atoms with Crippen LogP contribution in [0.4, 0.5) is 0 Å². The molecule has 1 rings (SSSR count). The molecule has 0 fully saturated rings. The van der Waals surface area contributed by atoms with Gasteiger partial charge in [0.2, 0.25) is 0 Å². The Hall–Kier alpha value is 0.01000. The molecule has 0 amide bonds. The lowest BCUT2D eigenvalue weighted by Crippen LogP contribution is -2.31. The maximum absolute atomic E-state index is 9.59. The minimum absolute atomic E-state index is 0.267. The smallest absolute Gasteiger partial charge is 0.0691 e. The molecule has 0 saturated carbocycles. The first kappa shape index (κ1) is 14.1. The second-order valence-corrected chi connectivity index (χ2v) is 4.98. The van der Waals surface area contributed by atoms with E-state index in [2.05, 4.69) is 0 Å². The monoisotopic (exact) mass is 281 g/mol. The van der Waals surface area contributed by atoms with E-state index in [1.54, 1.807) is 19.1 Å². The molecule has 0 aliphatic rings. The fourth-order valence-corrected chi connectivity index (χ4v) is 2.09. The third kappa shape index (κ3) is 3.51. The normalized spacial score (nSPS) is 14.9. The van der Waals surface area contributed by atoms with Crippen molar-refractivity contribution in [1.82, 2.24) is 0 Å². The minimum atomic E-state index is -0.564. The topological polar surface area (TPSA) is 46.2 Å². The summed E-state index contributed by atoms with van der Waals surface area (Å²) in [6, 6.07) is 3.08. The van der Waals surface area contributed by atoms with Gasteiger partial charge < -0.3 is 10.8 Å². The first-order valence-corrected chi connectivity index (χ1v) is 6.13. The fourth-order valence-electron chi connectivity index (χ4n) is 1.35. The molecule has 0 radical (unpaired) electrons. The predicted molar refractivity (Wildman–Crippen MR) is 69.4 cm³/mol. The van der Waals surface area contributed by atoms with E-state index in [4.69, 9.17) is 40.5 Å². The third-order valence-corrected chi connectivity index (χ3v) is 3.63. The molecule has 1 aromatic rings. The molecule has 90 valence electrons. The lowest BCUT2D eigenvalue weighted by molar-refractivity contribution is 0.141. The van der Waals surface area contributed by atoms with Gasteiger partial charge in [0.05, 0.1) is 16.1 Å². The van der Waals surface area contributed by atoms with Crippen LogP contribution >= 0.6 is 34.8 Å². The number of aliphatic hydroxyl groups excluding tert-OH is 1. The molecule has 0 heterocycles. The summed E-state index contributed by atoms with van der Waals surface area (Å²) in [5, 5.41) is 11.1. The maximum Gasteiger partial charge on any atom is 0.0691 e. The van der Waals surface area contributed by atoms with Gasteiger partial charge in [-0.1, -0.05) is 34.8 Å². The van der Waals surface area contributed by atoms with Gasteiger partial charge in [-0.05, 0) is 37.5 Å². The average molecular weight is 283 g/mol. The summed E-state index contributed by atoms with van der Waals surface area (Å²) in [5.41, 5.74) is 6.32. The minimum Gasteiger partial charge on any atom is -0.392 e. The van der Waals surface area contributed by atoms with Crippen LogP contribution in [0, 0.1) is 0 Å². The van der Waals surface area contributed by atoms with Crippen LogP contribution in [0.3, 0.4) is 0 Å². The Kier molecular flexibility index (Phi) is 5.35. The van der Waals surface area contributed by atoms with Crippen LogP contribution in [0.5, 0.6) is 0 Å². The van der Waals surface area contributed by atoms with Crippen molar-refractivity contribution in [2.75, 3.05) is 0 Å². The second kappa shape index (κ2) is 6.08. The van der Waals surface area contributed by atoms with Gasteiger partial charge in [0, 0.05) is 11.1 Å². The van der Waals surface area contributed by atoms with E-state index in [-0.39, 0.29) is 6.04 Å². The average Bonchev–Trinajstić information content (AvgIpc) is 2.23. The molecule has 2 unspecified atom stereocenters. The van der Waals surface area contributed by atoms with Gasteiger partial charge in [-0.2, -0.15) is 0 Å². The van der Waals surface area contributed by atoms with Crippen molar-refractivity contribution in [3.63, 3.8) is 0 Å². The number of rotatable bonds is 4. The SMILES string of the molecule is CC(N)C(O)CCc1c(Cl)ccc(Cl)c1Cl. The summed E-state index contributed by atoms with van der Waals surface area (Å²) in [7, 11) is 0. The van der Waals surface area contributed by atoms with Crippen LogP contribution in [0.25, 0.3) is 0 Å². The summed E-state index contributed by atoms with van der Waals surface area (Å²) in [4.78, 5) is 0. The van der Waals surface area contributed by atoms with Crippen LogP contribution in [0.2, 0.25) is 15.1 Å². The van der Waals surface area contributed by atoms with Crippen LogP contribution in [-0.4, -0.2) is 17.3 Å². The number of hydrogen-bond donors (Lipinski definition) is 2. The first-order chi connectivity index (χ1) is 7.43. The quantitative estimate of drug-likeness (QED) is 0.833. The van der Waals surface area contributed by atoms with Gasteiger partial charge >= 0.3 is 0 Å². The molecule has 0 aliphatic heterocycles. The van der Waals surface area contributed by atoms with Gasteiger partial charge in [0.1, 0.15) is 0 Å². The van der Waals surface area contributed by atoms with Crippen molar-refractivity contribution in [2.24, 2.45) is 5.73 Å². The molecule has 2 nitrogen and oxygen atoms in total. The van der Waals surface area contributed by atoms with E-state index < -0.39 is 6.10 Å². The highest BCUT2D eigenvalue weighted by Gasteiger charge is 2.14. The number of benzene rings is 1. The van der Waals surface area contributed by atoms with Crippen molar-refractivity contribution in [3.8, 4) is 0 Å². The predicted octanol–water partition coefficient (Wildman–Crippen LogP) is 3.29. The molecule has 0 saturated heterocycles. The van der Waals surface area contributed by atoms with Gasteiger partial charge in [0.25, 0.3) is 0 Å². The van der Waals surface area contributed by atoms with E-state index in [9.17, 15) is 5.11 Å². The van der Waals surface area contributed by atoms with E-state index >= 15 is 0 Å². The summed E-state index contributed by atoms with van der Waals surface area (Å²) in [6.45, 7) is 1.76. The summed E-state index contributed by atoms with van der Waals surface area (Å²) in [5.74, 6) is 0. The number of aliphatic hydroxyl groups is 1. The van der Waals surface area contributed by atoms with E-state index in [1.165, 1.54) is 0 Å². The molecule has 0 bridgehead atoms. The molecule has 16 heavy (non-hydrogen) atoms. The van der Waals surface area contributed by atoms with Crippen molar-refractivity contribution < 1.29 is 5.11 Å². The zero-order chi connectivity index (χ0) is 12.3. The van der Waals surface area contributed by atoms with E-state index in [0.29, 0.717) is 27.9 Å². The number of halogens is 3. The first-order valence-electron chi connectivity index (χ1n) is 4.99.